The Labute approximate surface area is 99.6 Å². The third kappa shape index (κ3) is 2.48. The van der Waals surface area contributed by atoms with Gasteiger partial charge in [-0.2, -0.15) is 0 Å². The van der Waals surface area contributed by atoms with E-state index < -0.39 is 34.0 Å². The van der Waals surface area contributed by atoms with Crippen LogP contribution in [0.15, 0.2) is 18.2 Å². The molecule has 0 aliphatic rings. The van der Waals surface area contributed by atoms with E-state index in [1.165, 1.54) is 0 Å². The number of nitro groups is 1. The van der Waals surface area contributed by atoms with Crippen LogP contribution in [0.25, 0.3) is 0 Å². The number of nitrogens with zero attached hydrogens (tertiary/aromatic N) is 1. The van der Waals surface area contributed by atoms with Crippen LogP contribution < -0.4 is 0 Å². The summed E-state index contributed by atoms with van der Waals surface area (Å²) in [6.45, 7) is 0. The van der Waals surface area contributed by atoms with E-state index in [1.54, 1.807) is 0 Å². The molecule has 94 valence electrons. The minimum atomic E-state index is -2.05. The van der Waals surface area contributed by atoms with Gasteiger partial charge in [0, 0.05) is 11.6 Å². The number of carbonyl (C=O) groups excluding carboxylic acids is 1. The van der Waals surface area contributed by atoms with Crippen molar-refractivity contribution in [2.75, 3.05) is 0 Å². The van der Waals surface area contributed by atoms with Crippen LogP contribution in [0.3, 0.4) is 0 Å². The molecule has 0 bridgehead atoms. The molecule has 0 amide bonds. The Morgan fingerprint density at radius 2 is 1.83 bits per heavy atom. The molecule has 1 aromatic rings. The van der Waals surface area contributed by atoms with E-state index >= 15 is 0 Å². The molecule has 1 aromatic carbocycles. The minimum absolute atomic E-state index is 0.0417. The maximum absolute atomic E-state index is 10.8. The molecular formula is C10H7NO7. The molecule has 0 heterocycles. The zero-order valence-corrected chi connectivity index (χ0v) is 8.77. The van der Waals surface area contributed by atoms with Gasteiger partial charge < -0.3 is 10.2 Å². The third-order valence-corrected chi connectivity index (χ3v) is 2.19. The topological polar surface area (TPSA) is 135 Å². The second-order valence-corrected chi connectivity index (χ2v) is 3.30. The Kier molecular flexibility index (Phi) is 3.72. The first-order valence-corrected chi connectivity index (χ1v) is 4.57. The molecule has 0 aliphatic carbocycles. The highest BCUT2D eigenvalue weighted by Crippen LogP contribution is 2.28. The van der Waals surface area contributed by atoms with Gasteiger partial charge in [0.15, 0.2) is 5.92 Å². The average molecular weight is 253 g/mol. The molecule has 1 rings (SSSR count). The number of hydrogen-bond acceptors (Lipinski definition) is 5. The van der Waals surface area contributed by atoms with Gasteiger partial charge in [-0.05, 0) is 6.07 Å². The predicted molar refractivity (Wildman–Crippen MR) is 56.5 cm³/mol. The van der Waals surface area contributed by atoms with Gasteiger partial charge in [-0.15, -0.1) is 0 Å². The molecule has 2 N–H and O–H groups in total. The van der Waals surface area contributed by atoms with Crippen molar-refractivity contribution >= 4 is 23.9 Å². The SMILES string of the molecule is O=Cc1ccc(C(C(=O)O)C(=O)O)c([N+](=O)[O-])c1. The van der Waals surface area contributed by atoms with Crippen molar-refractivity contribution in [1.82, 2.24) is 0 Å². The van der Waals surface area contributed by atoms with Gasteiger partial charge in [0.2, 0.25) is 0 Å². The van der Waals surface area contributed by atoms with Gasteiger partial charge in [-0.1, -0.05) is 6.07 Å². The lowest BCUT2D eigenvalue weighted by Crippen LogP contribution is -2.22. The summed E-state index contributed by atoms with van der Waals surface area (Å²) in [7, 11) is 0. The summed E-state index contributed by atoms with van der Waals surface area (Å²) in [5.41, 5.74) is -1.24. The molecule has 0 radical (unpaired) electrons. The van der Waals surface area contributed by atoms with Gasteiger partial charge in [0.05, 0.1) is 10.5 Å². The first kappa shape index (κ1) is 13.3. The lowest BCUT2D eigenvalue weighted by atomic mass is 9.96. The number of carboxylic acids is 2. The second kappa shape index (κ2) is 5.04. The van der Waals surface area contributed by atoms with E-state index in [9.17, 15) is 24.5 Å². The summed E-state index contributed by atoms with van der Waals surface area (Å²) in [5.74, 6) is -5.49. The Morgan fingerprint density at radius 1 is 1.28 bits per heavy atom. The molecule has 0 aromatic heterocycles. The van der Waals surface area contributed by atoms with Crippen molar-refractivity contribution in [3.05, 3.63) is 39.4 Å². The number of hydrogen-bond donors (Lipinski definition) is 2. The van der Waals surface area contributed by atoms with Gasteiger partial charge in [-0.25, -0.2) is 0 Å². The highest BCUT2D eigenvalue weighted by Gasteiger charge is 2.34. The first-order valence-electron chi connectivity index (χ1n) is 4.57. The normalized spacial score (nSPS) is 10.1. The lowest BCUT2D eigenvalue weighted by Gasteiger charge is -2.08. The fraction of sp³-hybridized carbons (Fsp3) is 0.100. The number of carboxylic acid groups (broad SMARTS) is 2. The third-order valence-electron chi connectivity index (χ3n) is 2.19. The van der Waals surface area contributed by atoms with Crippen LogP contribution in [-0.4, -0.2) is 33.4 Å². The fourth-order valence-corrected chi connectivity index (χ4v) is 1.41. The zero-order chi connectivity index (χ0) is 13.9. The van der Waals surface area contributed by atoms with Crippen molar-refractivity contribution in [3.63, 3.8) is 0 Å². The zero-order valence-electron chi connectivity index (χ0n) is 8.77. The van der Waals surface area contributed by atoms with Crippen LogP contribution in [0, 0.1) is 10.1 Å². The largest absolute Gasteiger partial charge is 0.480 e. The molecular weight excluding hydrogens is 246 g/mol. The molecule has 0 spiro atoms. The number of rotatable bonds is 5. The van der Waals surface area contributed by atoms with E-state index in [0.29, 0.717) is 6.29 Å². The predicted octanol–water partition coefficient (Wildman–Crippen LogP) is 0.660. The Balaban J connectivity index is 3.47. The number of benzene rings is 1. The highest BCUT2D eigenvalue weighted by molar-refractivity contribution is 6.00. The van der Waals surface area contributed by atoms with E-state index in [4.69, 9.17) is 10.2 Å². The molecule has 8 nitrogen and oxygen atoms in total. The molecule has 0 fully saturated rings. The van der Waals surface area contributed by atoms with E-state index in [1.807, 2.05) is 0 Å². The second-order valence-electron chi connectivity index (χ2n) is 3.30. The standard InChI is InChI=1S/C10H7NO7/c12-4-5-1-2-6(7(3-5)11(17)18)8(9(13)14)10(15)16/h1-4,8H,(H,13,14)(H,15,16). The molecule has 8 heteroatoms. The van der Waals surface area contributed by atoms with Gasteiger partial charge in [-0.3, -0.25) is 24.5 Å². The number of nitro benzene ring substituents is 1. The Morgan fingerprint density at radius 3 is 2.22 bits per heavy atom. The van der Waals surface area contributed by atoms with Crippen molar-refractivity contribution in [1.29, 1.82) is 0 Å². The summed E-state index contributed by atoms with van der Waals surface area (Å²) < 4.78 is 0. The van der Waals surface area contributed by atoms with Crippen LogP contribution in [0.1, 0.15) is 21.8 Å². The maximum atomic E-state index is 10.8. The molecule has 0 atom stereocenters. The molecule has 0 saturated carbocycles. The summed E-state index contributed by atoms with van der Waals surface area (Å²) in [6.07, 6.45) is 0.341. The number of aliphatic carboxylic acids is 2. The van der Waals surface area contributed by atoms with E-state index in [0.717, 1.165) is 18.2 Å². The lowest BCUT2D eigenvalue weighted by molar-refractivity contribution is -0.385. The van der Waals surface area contributed by atoms with Crippen LogP contribution in [0.4, 0.5) is 5.69 Å². The van der Waals surface area contributed by atoms with Crippen molar-refractivity contribution in [2.24, 2.45) is 0 Å². The fourth-order valence-electron chi connectivity index (χ4n) is 1.41. The van der Waals surface area contributed by atoms with Crippen molar-refractivity contribution in [2.45, 2.75) is 5.92 Å². The smallest absolute Gasteiger partial charge is 0.322 e. The Hall–Kier alpha value is -2.77. The molecule has 0 aliphatic heterocycles. The summed E-state index contributed by atoms with van der Waals surface area (Å²) in [4.78, 5) is 41.9. The molecule has 0 saturated heterocycles. The minimum Gasteiger partial charge on any atom is -0.480 e. The van der Waals surface area contributed by atoms with E-state index in [-0.39, 0.29) is 5.56 Å². The van der Waals surface area contributed by atoms with Gasteiger partial charge >= 0.3 is 11.9 Å². The molecule has 18 heavy (non-hydrogen) atoms. The van der Waals surface area contributed by atoms with Gasteiger partial charge in [0.25, 0.3) is 5.69 Å². The monoisotopic (exact) mass is 253 g/mol. The van der Waals surface area contributed by atoms with Gasteiger partial charge in [0.1, 0.15) is 6.29 Å². The van der Waals surface area contributed by atoms with Crippen LogP contribution >= 0.6 is 0 Å². The number of carbonyl (C=O) groups is 3. The van der Waals surface area contributed by atoms with Crippen LogP contribution in [-0.2, 0) is 9.59 Å². The maximum Gasteiger partial charge on any atom is 0.322 e. The van der Waals surface area contributed by atoms with E-state index in [2.05, 4.69) is 0 Å². The Bertz CT molecular complexity index is 523. The summed E-state index contributed by atoms with van der Waals surface area (Å²) in [5, 5.41) is 28.3. The average Bonchev–Trinajstić information content (AvgIpc) is 2.28. The molecule has 0 unspecified atom stereocenters. The first-order chi connectivity index (χ1) is 8.38. The van der Waals surface area contributed by atoms with Crippen LogP contribution in [0.5, 0.6) is 0 Å². The highest BCUT2D eigenvalue weighted by atomic mass is 16.6. The van der Waals surface area contributed by atoms with Crippen LogP contribution in [0.2, 0.25) is 0 Å². The number of aldehydes is 1. The quantitative estimate of drug-likeness (QED) is 0.340. The summed E-state index contributed by atoms with van der Waals surface area (Å²) in [6, 6.07) is 2.91. The van der Waals surface area contributed by atoms with Crippen molar-refractivity contribution < 1.29 is 29.5 Å². The summed E-state index contributed by atoms with van der Waals surface area (Å²) >= 11 is 0. The van der Waals surface area contributed by atoms with Crippen molar-refractivity contribution in [3.8, 4) is 0 Å².